The van der Waals surface area contributed by atoms with Crippen LogP contribution in [0.1, 0.15) is 53.9 Å². The number of nitrogens with one attached hydrogen (secondary N) is 1. The van der Waals surface area contributed by atoms with Crippen LogP contribution >= 0.6 is 0 Å². The lowest BCUT2D eigenvalue weighted by atomic mass is 9.91. The van der Waals surface area contributed by atoms with Crippen LogP contribution in [-0.4, -0.2) is 23.3 Å². The fraction of sp³-hybridized carbons (Fsp3) is 1.00. The maximum atomic E-state index is 9.94. The van der Waals surface area contributed by atoms with Gasteiger partial charge < -0.3 is 10.4 Å². The minimum Gasteiger partial charge on any atom is -0.389 e. The van der Waals surface area contributed by atoms with Crippen LogP contribution in [0.3, 0.4) is 0 Å². The van der Waals surface area contributed by atoms with Gasteiger partial charge in [-0.2, -0.15) is 0 Å². The highest BCUT2D eigenvalue weighted by Gasteiger charge is 2.36. The molecule has 2 nitrogen and oxygen atoms in total. The van der Waals surface area contributed by atoms with Crippen molar-refractivity contribution in [3.8, 4) is 0 Å². The second-order valence-corrected chi connectivity index (χ2v) is 6.39. The van der Waals surface area contributed by atoms with Gasteiger partial charge >= 0.3 is 0 Å². The molecular weight excluding hydrogens is 186 g/mol. The molecule has 0 aromatic heterocycles. The van der Waals surface area contributed by atoms with E-state index in [1.165, 1.54) is 12.8 Å². The quantitative estimate of drug-likeness (QED) is 0.752. The van der Waals surface area contributed by atoms with Crippen molar-refractivity contribution in [1.82, 2.24) is 5.32 Å². The Morgan fingerprint density at radius 2 is 2.00 bits per heavy atom. The highest BCUT2D eigenvalue weighted by Crippen LogP contribution is 2.40. The summed E-state index contributed by atoms with van der Waals surface area (Å²) >= 11 is 0. The van der Waals surface area contributed by atoms with Crippen molar-refractivity contribution in [1.29, 1.82) is 0 Å². The molecule has 0 heterocycles. The molecule has 0 amide bonds. The molecule has 1 aliphatic carbocycles. The minimum absolute atomic E-state index is 0.467. The van der Waals surface area contributed by atoms with E-state index in [1.807, 2.05) is 13.8 Å². The van der Waals surface area contributed by atoms with Crippen molar-refractivity contribution in [2.24, 2.45) is 11.3 Å². The van der Waals surface area contributed by atoms with Gasteiger partial charge in [-0.25, -0.2) is 0 Å². The van der Waals surface area contributed by atoms with Crippen LogP contribution in [0.5, 0.6) is 0 Å². The number of hydrogen-bond acceptors (Lipinski definition) is 2. The second kappa shape index (κ2) is 4.42. The van der Waals surface area contributed by atoms with Crippen molar-refractivity contribution in [3.05, 3.63) is 0 Å². The predicted octanol–water partition coefficient (Wildman–Crippen LogP) is 2.56. The van der Waals surface area contributed by atoms with E-state index in [1.54, 1.807) is 0 Å². The molecule has 3 unspecified atom stereocenters. The summed E-state index contributed by atoms with van der Waals surface area (Å²) in [6, 6.07) is 0.582. The predicted molar refractivity (Wildman–Crippen MR) is 64.9 cm³/mol. The lowest BCUT2D eigenvalue weighted by molar-refractivity contribution is 0.0514. The molecule has 0 aliphatic heterocycles. The Bertz CT molecular complexity index is 211. The van der Waals surface area contributed by atoms with Crippen LogP contribution in [0.2, 0.25) is 0 Å². The first-order valence-electron chi connectivity index (χ1n) is 6.21. The summed E-state index contributed by atoms with van der Waals surface area (Å²) in [5, 5.41) is 13.5. The van der Waals surface area contributed by atoms with E-state index in [-0.39, 0.29) is 0 Å². The molecule has 0 radical (unpaired) electrons. The lowest BCUT2D eigenvalue weighted by Crippen LogP contribution is -2.43. The summed E-state index contributed by atoms with van der Waals surface area (Å²) in [7, 11) is 0. The standard InChI is InChI=1S/C13H27NO/c1-6-13(5,15)9-14-11-8-12(3,4)7-10(11)2/h10-11,14-15H,6-9H2,1-5H3. The van der Waals surface area contributed by atoms with E-state index in [9.17, 15) is 5.11 Å². The summed E-state index contributed by atoms with van der Waals surface area (Å²) < 4.78 is 0. The van der Waals surface area contributed by atoms with Crippen LogP contribution in [0.15, 0.2) is 0 Å². The monoisotopic (exact) mass is 213 g/mol. The Morgan fingerprint density at radius 1 is 1.40 bits per heavy atom. The Hall–Kier alpha value is -0.0800. The van der Waals surface area contributed by atoms with Crippen molar-refractivity contribution in [2.75, 3.05) is 6.54 Å². The SMILES string of the molecule is CCC(C)(O)CNC1CC(C)(C)CC1C. The normalized spacial score (nSPS) is 34.0. The zero-order valence-electron chi connectivity index (χ0n) is 10.9. The molecule has 1 fully saturated rings. The smallest absolute Gasteiger partial charge is 0.0741 e. The molecule has 0 saturated heterocycles. The van der Waals surface area contributed by atoms with Gasteiger partial charge in [-0.1, -0.05) is 27.7 Å². The van der Waals surface area contributed by atoms with E-state index in [0.717, 1.165) is 12.3 Å². The van der Waals surface area contributed by atoms with Gasteiger partial charge in [-0.3, -0.25) is 0 Å². The summed E-state index contributed by atoms with van der Waals surface area (Å²) in [6.45, 7) is 11.6. The molecule has 1 aliphatic rings. The molecule has 0 aromatic carbocycles. The van der Waals surface area contributed by atoms with E-state index in [4.69, 9.17) is 0 Å². The van der Waals surface area contributed by atoms with Crippen LogP contribution in [0.25, 0.3) is 0 Å². The Kier molecular flexibility index (Phi) is 3.83. The summed E-state index contributed by atoms with van der Waals surface area (Å²) in [5.74, 6) is 0.729. The zero-order chi connectivity index (χ0) is 11.7. The molecule has 1 rings (SSSR count). The first-order chi connectivity index (χ1) is 6.76. The van der Waals surface area contributed by atoms with Gasteiger partial charge in [-0.15, -0.1) is 0 Å². The lowest BCUT2D eigenvalue weighted by Gasteiger charge is -2.26. The summed E-state index contributed by atoms with van der Waals surface area (Å²) in [6.07, 6.45) is 3.33. The van der Waals surface area contributed by atoms with Gasteiger partial charge in [0.15, 0.2) is 0 Å². The third-order valence-corrected chi connectivity index (χ3v) is 3.84. The van der Waals surface area contributed by atoms with Crippen molar-refractivity contribution in [2.45, 2.75) is 65.5 Å². The third-order valence-electron chi connectivity index (χ3n) is 3.84. The molecule has 0 spiro atoms. The van der Waals surface area contributed by atoms with Gasteiger partial charge in [0.2, 0.25) is 0 Å². The zero-order valence-corrected chi connectivity index (χ0v) is 10.9. The maximum Gasteiger partial charge on any atom is 0.0741 e. The molecule has 2 heteroatoms. The summed E-state index contributed by atoms with van der Waals surface area (Å²) in [5.41, 5.74) is -0.0817. The topological polar surface area (TPSA) is 32.3 Å². The first-order valence-corrected chi connectivity index (χ1v) is 6.21. The molecule has 2 N–H and O–H groups in total. The summed E-state index contributed by atoms with van der Waals surface area (Å²) in [4.78, 5) is 0. The Morgan fingerprint density at radius 3 is 2.40 bits per heavy atom. The number of hydrogen-bond donors (Lipinski definition) is 2. The molecule has 0 aromatic rings. The van der Waals surface area contributed by atoms with Crippen molar-refractivity contribution >= 4 is 0 Å². The van der Waals surface area contributed by atoms with E-state index < -0.39 is 5.60 Å². The van der Waals surface area contributed by atoms with Crippen LogP contribution in [-0.2, 0) is 0 Å². The van der Waals surface area contributed by atoms with E-state index >= 15 is 0 Å². The average Bonchev–Trinajstić information content (AvgIpc) is 2.36. The third kappa shape index (κ3) is 3.76. The first kappa shape index (κ1) is 13.0. The Balaban J connectivity index is 2.41. The van der Waals surface area contributed by atoms with Gasteiger partial charge in [0.05, 0.1) is 5.60 Å². The molecule has 15 heavy (non-hydrogen) atoms. The van der Waals surface area contributed by atoms with Crippen molar-refractivity contribution < 1.29 is 5.11 Å². The minimum atomic E-state index is -0.549. The van der Waals surface area contributed by atoms with Gasteiger partial charge in [0.25, 0.3) is 0 Å². The number of rotatable bonds is 4. The van der Waals surface area contributed by atoms with E-state index in [0.29, 0.717) is 18.0 Å². The number of aliphatic hydroxyl groups is 1. The van der Waals surface area contributed by atoms with Gasteiger partial charge in [0, 0.05) is 12.6 Å². The van der Waals surface area contributed by atoms with Crippen LogP contribution in [0, 0.1) is 11.3 Å². The van der Waals surface area contributed by atoms with Crippen LogP contribution < -0.4 is 5.32 Å². The van der Waals surface area contributed by atoms with Crippen molar-refractivity contribution in [3.63, 3.8) is 0 Å². The molecule has 1 saturated carbocycles. The molecule has 3 atom stereocenters. The molecule has 90 valence electrons. The fourth-order valence-corrected chi connectivity index (χ4v) is 2.64. The van der Waals surface area contributed by atoms with Gasteiger partial charge in [0.1, 0.15) is 0 Å². The highest BCUT2D eigenvalue weighted by atomic mass is 16.3. The van der Waals surface area contributed by atoms with Gasteiger partial charge in [-0.05, 0) is 37.5 Å². The van der Waals surface area contributed by atoms with Crippen LogP contribution in [0.4, 0.5) is 0 Å². The Labute approximate surface area is 94.5 Å². The molecular formula is C13H27NO. The largest absolute Gasteiger partial charge is 0.389 e. The molecule has 0 bridgehead atoms. The van der Waals surface area contributed by atoms with E-state index in [2.05, 4.69) is 26.1 Å². The highest BCUT2D eigenvalue weighted by molar-refractivity contribution is 4.92. The average molecular weight is 213 g/mol. The fourth-order valence-electron chi connectivity index (χ4n) is 2.64. The maximum absolute atomic E-state index is 9.94. The second-order valence-electron chi connectivity index (χ2n) is 6.39.